The summed E-state index contributed by atoms with van der Waals surface area (Å²) in [4.78, 5) is 6.15. The van der Waals surface area contributed by atoms with Gasteiger partial charge in [-0.3, -0.25) is 4.99 Å². The highest BCUT2D eigenvalue weighted by molar-refractivity contribution is 6.31. The Morgan fingerprint density at radius 1 is 1.09 bits per heavy atom. The van der Waals surface area contributed by atoms with Gasteiger partial charge in [0.05, 0.1) is 19.6 Å². The minimum absolute atomic E-state index is 0.263. The van der Waals surface area contributed by atoms with E-state index >= 15 is 0 Å². The summed E-state index contributed by atoms with van der Waals surface area (Å²) >= 11 is 6.41. The molecular weight excluding hydrogens is 308 g/mol. The highest BCUT2D eigenvalue weighted by atomic mass is 35.5. The number of hydrogen-bond acceptors (Lipinski definition) is 2. The fourth-order valence-corrected chi connectivity index (χ4v) is 3.50. The predicted molar refractivity (Wildman–Crippen MR) is 94.7 cm³/mol. The molecule has 4 heteroatoms. The van der Waals surface area contributed by atoms with E-state index in [9.17, 15) is 5.11 Å². The minimum Gasteiger partial charge on any atom is -0.507 e. The lowest BCUT2D eigenvalue weighted by Gasteiger charge is -2.24. The number of rotatable bonds is 5. The number of quaternary nitrogens is 1. The van der Waals surface area contributed by atoms with Crippen LogP contribution in [0.5, 0.6) is 5.75 Å². The van der Waals surface area contributed by atoms with Crippen molar-refractivity contribution in [2.45, 2.75) is 18.9 Å². The summed E-state index contributed by atoms with van der Waals surface area (Å²) < 4.78 is 0. The van der Waals surface area contributed by atoms with Gasteiger partial charge in [-0.2, -0.15) is 0 Å². The Balaban J connectivity index is 1.79. The van der Waals surface area contributed by atoms with E-state index in [0.29, 0.717) is 6.54 Å². The van der Waals surface area contributed by atoms with E-state index < -0.39 is 0 Å². The predicted octanol–water partition coefficient (Wildman–Crippen LogP) is 2.88. The highest BCUT2D eigenvalue weighted by Gasteiger charge is 2.28. The number of nitrogens with zero attached hydrogens (tertiary/aromatic N) is 1. The van der Waals surface area contributed by atoms with Crippen molar-refractivity contribution in [2.75, 3.05) is 19.6 Å². The van der Waals surface area contributed by atoms with Crippen molar-refractivity contribution in [2.24, 2.45) is 4.99 Å². The molecule has 1 fully saturated rings. The van der Waals surface area contributed by atoms with Crippen molar-refractivity contribution in [1.82, 2.24) is 0 Å². The van der Waals surface area contributed by atoms with Gasteiger partial charge >= 0.3 is 0 Å². The van der Waals surface area contributed by atoms with Crippen molar-refractivity contribution in [3.05, 3.63) is 64.7 Å². The maximum Gasteiger partial charge on any atom is 0.134 e. The van der Waals surface area contributed by atoms with Crippen LogP contribution < -0.4 is 4.90 Å². The van der Waals surface area contributed by atoms with E-state index in [4.69, 9.17) is 11.6 Å². The number of likely N-dealkylation sites (tertiary alicyclic amines) is 1. The van der Waals surface area contributed by atoms with Gasteiger partial charge in [0.15, 0.2) is 0 Å². The fourth-order valence-electron chi connectivity index (χ4n) is 3.24. The minimum atomic E-state index is 0.263. The van der Waals surface area contributed by atoms with Crippen molar-refractivity contribution in [3.63, 3.8) is 0 Å². The van der Waals surface area contributed by atoms with Crippen LogP contribution in [0.3, 0.4) is 0 Å². The molecule has 0 spiro atoms. The second-order valence-corrected chi connectivity index (χ2v) is 6.40. The Bertz CT molecular complexity index is 681. The van der Waals surface area contributed by atoms with Gasteiger partial charge in [0.2, 0.25) is 0 Å². The Morgan fingerprint density at radius 3 is 2.52 bits per heavy atom. The molecule has 120 valence electrons. The molecule has 1 heterocycles. The van der Waals surface area contributed by atoms with Crippen LogP contribution in [0.1, 0.15) is 30.0 Å². The standard InChI is InChI=1S/C19H21ClN2O/c20-17-9-3-2-8-16(17)18(22-11-5-6-12-22)14-21-13-15-7-1-4-10-19(15)23/h1-4,7-10,13,18,23H,5-6,11-12,14H2/p+1/t18-/m1/s1. The van der Waals surface area contributed by atoms with Gasteiger partial charge in [-0.1, -0.05) is 41.9 Å². The lowest BCUT2D eigenvalue weighted by Crippen LogP contribution is -3.10. The quantitative estimate of drug-likeness (QED) is 0.813. The molecule has 0 aliphatic carbocycles. The zero-order chi connectivity index (χ0) is 16.1. The van der Waals surface area contributed by atoms with Crippen molar-refractivity contribution in [1.29, 1.82) is 0 Å². The summed E-state index contributed by atoms with van der Waals surface area (Å²) in [7, 11) is 0. The average Bonchev–Trinajstić information content (AvgIpc) is 3.08. The molecule has 2 aromatic carbocycles. The molecule has 3 rings (SSSR count). The molecule has 0 aromatic heterocycles. The highest BCUT2D eigenvalue weighted by Crippen LogP contribution is 2.22. The first-order valence-corrected chi connectivity index (χ1v) is 8.50. The number of hydrogen-bond donors (Lipinski definition) is 2. The molecule has 0 saturated carbocycles. The SMILES string of the molecule is Oc1ccccc1C=NC[C@H](c1ccccc1Cl)[NH+]1CCCC1. The Hall–Kier alpha value is -1.84. The largest absolute Gasteiger partial charge is 0.507 e. The summed E-state index contributed by atoms with van der Waals surface area (Å²) in [5.41, 5.74) is 1.92. The Kier molecular flexibility index (Phi) is 5.31. The molecule has 1 atom stereocenters. The second-order valence-electron chi connectivity index (χ2n) is 5.99. The molecule has 0 radical (unpaired) electrons. The molecular formula is C19H22ClN2O+. The number of nitrogens with one attached hydrogen (secondary N) is 1. The summed E-state index contributed by atoms with van der Waals surface area (Å²) in [6, 6.07) is 15.6. The van der Waals surface area contributed by atoms with E-state index in [2.05, 4.69) is 11.1 Å². The van der Waals surface area contributed by atoms with Crippen LogP contribution in [-0.2, 0) is 0 Å². The molecule has 23 heavy (non-hydrogen) atoms. The lowest BCUT2D eigenvalue weighted by atomic mass is 10.1. The third-order valence-electron chi connectivity index (χ3n) is 4.47. The van der Waals surface area contributed by atoms with E-state index in [1.807, 2.05) is 36.4 Å². The van der Waals surface area contributed by atoms with Crippen LogP contribution in [0.2, 0.25) is 5.02 Å². The van der Waals surface area contributed by atoms with Gasteiger partial charge in [-0.25, -0.2) is 0 Å². The first-order valence-electron chi connectivity index (χ1n) is 8.12. The summed E-state index contributed by atoms with van der Waals surface area (Å²) in [6.45, 7) is 3.01. The zero-order valence-corrected chi connectivity index (χ0v) is 13.8. The van der Waals surface area contributed by atoms with Crippen molar-refractivity contribution in [3.8, 4) is 5.75 Å². The number of phenolic OH excluding ortho intramolecular Hbond substituents is 1. The molecule has 2 aromatic rings. The molecule has 1 saturated heterocycles. The number of para-hydroxylation sites is 1. The third kappa shape index (κ3) is 3.92. The Morgan fingerprint density at radius 2 is 1.78 bits per heavy atom. The van der Waals surface area contributed by atoms with Gasteiger partial charge in [0.25, 0.3) is 0 Å². The molecule has 0 amide bonds. The zero-order valence-electron chi connectivity index (χ0n) is 13.1. The first kappa shape index (κ1) is 16.0. The van der Waals surface area contributed by atoms with Gasteiger partial charge in [-0.15, -0.1) is 0 Å². The first-order chi connectivity index (χ1) is 11.3. The van der Waals surface area contributed by atoms with Gasteiger partial charge in [0.1, 0.15) is 11.8 Å². The summed E-state index contributed by atoms with van der Waals surface area (Å²) in [5, 5.41) is 10.6. The van der Waals surface area contributed by atoms with Gasteiger partial charge in [-0.05, 0) is 18.2 Å². The van der Waals surface area contributed by atoms with E-state index in [-0.39, 0.29) is 11.8 Å². The van der Waals surface area contributed by atoms with Crippen LogP contribution in [0.25, 0.3) is 0 Å². The molecule has 1 aliphatic rings. The van der Waals surface area contributed by atoms with Gasteiger partial charge < -0.3 is 10.0 Å². The van der Waals surface area contributed by atoms with Gasteiger partial charge in [0, 0.05) is 35.2 Å². The molecule has 0 unspecified atom stereocenters. The monoisotopic (exact) mass is 329 g/mol. The second kappa shape index (κ2) is 7.62. The maximum atomic E-state index is 9.83. The molecule has 3 nitrogen and oxygen atoms in total. The van der Waals surface area contributed by atoms with Crippen LogP contribution >= 0.6 is 11.6 Å². The Labute approximate surface area is 142 Å². The van der Waals surface area contributed by atoms with E-state index in [1.165, 1.54) is 31.5 Å². The molecule has 0 bridgehead atoms. The number of halogens is 1. The van der Waals surface area contributed by atoms with E-state index in [1.54, 1.807) is 17.2 Å². The molecule has 2 N–H and O–H groups in total. The number of aliphatic imine (C=N–C) groups is 1. The average molecular weight is 330 g/mol. The smallest absolute Gasteiger partial charge is 0.134 e. The molecule has 1 aliphatic heterocycles. The number of benzene rings is 2. The fraction of sp³-hybridized carbons (Fsp3) is 0.316. The van der Waals surface area contributed by atoms with Crippen molar-refractivity contribution < 1.29 is 10.0 Å². The van der Waals surface area contributed by atoms with Crippen LogP contribution in [-0.4, -0.2) is 31.0 Å². The van der Waals surface area contributed by atoms with E-state index in [0.717, 1.165) is 10.6 Å². The summed E-state index contributed by atoms with van der Waals surface area (Å²) in [5.74, 6) is 0.263. The lowest BCUT2D eigenvalue weighted by molar-refractivity contribution is -0.918. The topological polar surface area (TPSA) is 37.0 Å². The number of phenols is 1. The number of aromatic hydroxyl groups is 1. The van der Waals surface area contributed by atoms with Crippen LogP contribution in [0, 0.1) is 0 Å². The van der Waals surface area contributed by atoms with Crippen molar-refractivity contribution >= 4 is 17.8 Å². The maximum absolute atomic E-state index is 9.83. The van der Waals surface area contributed by atoms with Crippen LogP contribution in [0.4, 0.5) is 0 Å². The normalized spacial score (nSPS) is 16.9. The summed E-state index contributed by atoms with van der Waals surface area (Å²) in [6.07, 6.45) is 4.29. The third-order valence-corrected chi connectivity index (χ3v) is 4.82. The van der Waals surface area contributed by atoms with Crippen LogP contribution in [0.15, 0.2) is 53.5 Å².